The van der Waals surface area contributed by atoms with E-state index >= 15 is 0 Å². The van der Waals surface area contributed by atoms with Gasteiger partial charge in [0, 0.05) is 11.3 Å². The molecule has 0 saturated carbocycles. The molecule has 0 bridgehead atoms. The van der Waals surface area contributed by atoms with Crippen molar-refractivity contribution in [3.8, 4) is 17.6 Å². The van der Waals surface area contributed by atoms with Crippen LogP contribution in [0.1, 0.15) is 17.2 Å². The highest BCUT2D eigenvalue weighted by Gasteiger charge is 2.24. The third kappa shape index (κ3) is 4.43. The number of methoxy groups -OCH3 is 1. The average molecular weight is 393 g/mol. The number of para-hydroxylation sites is 1. The third-order valence-corrected chi connectivity index (χ3v) is 4.31. The van der Waals surface area contributed by atoms with Crippen LogP contribution < -0.4 is 14.8 Å². The molecule has 5 nitrogen and oxygen atoms in total. The number of nitrogens with one attached hydrogen (secondary N) is 1. The van der Waals surface area contributed by atoms with Gasteiger partial charge in [0.2, 0.25) is 6.10 Å². The number of nitrogens with zero attached hydrogens (tertiary/aromatic N) is 1. The van der Waals surface area contributed by atoms with Crippen molar-refractivity contribution >= 4 is 23.2 Å². The van der Waals surface area contributed by atoms with Gasteiger partial charge in [0.25, 0.3) is 5.91 Å². The topological polar surface area (TPSA) is 71.3 Å². The molecule has 0 aliphatic rings. The Morgan fingerprint density at radius 3 is 2.43 bits per heavy atom. The first-order valence-corrected chi connectivity index (χ1v) is 8.85. The number of nitriles is 1. The van der Waals surface area contributed by atoms with Crippen molar-refractivity contribution in [2.75, 3.05) is 12.4 Å². The van der Waals surface area contributed by atoms with E-state index in [9.17, 15) is 10.1 Å². The number of rotatable bonds is 6. The number of hydrogen-bond donors (Lipinski definition) is 1. The molecule has 140 valence electrons. The summed E-state index contributed by atoms with van der Waals surface area (Å²) in [7, 11) is 1.52. The molecule has 3 aromatic carbocycles. The molecule has 0 spiro atoms. The molecule has 0 aromatic heterocycles. The summed E-state index contributed by atoms with van der Waals surface area (Å²) in [4.78, 5) is 13.0. The van der Waals surface area contributed by atoms with Gasteiger partial charge in [-0.1, -0.05) is 54.1 Å². The zero-order valence-corrected chi connectivity index (χ0v) is 15.8. The van der Waals surface area contributed by atoms with Gasteiger partial charge in [-0.2, -0.15) is 5.26 Å². The van der Waals surface area contributed by atoms with Crippen molar-refractivity contribution in [1.29, 1.82) is 5.26 Å². The van der Waals surface area contributed by atoms with Gasteiger partial charge in [0.1, 0.15) is 17.6 Å². The van der Waals surface area contributed by atoms with Crippen LogP contribution in [0, 0.1) is 11.3 Å². The van der Waals surface area contributed by atoms with Crippen LogP contribution in [0.25, 0.3) is 0 Å². The fourth-order valence-electron chi connectivity index (χ4n) is 2.64. The number of carbonyl (C=O) groups is 1. The second-order valence-electron chi connectivity index (χ2n) is 5.86. The van der Waals surface area contributed by atoms with Gasteiger partial charge in [-0.25, -0.2) is 0 Å². The molecule has 1 atom stereocenters. The summed E-state index contributed by atoms with van der Waals surface area (Å²) < 4.78 is 11.1. The Morgan fingerprint density at radius 1 is 1.04 bits per heavy atom. The van der Waals surface area contributed by atoms with E-state index in [0.29, 0.717) is 33.3 Å². The number of carbonyl (C=O) groups excluding carboxylic acids is 1. The summed E-state index contributed by atoms with van der Waals surface area (Å²) >= 11 is 6.14. The minimum atomic E-state index is -0.948. The largest absolute Gasteiger partial charge is 0.495 e. The lowest BCUT2D eigenvalue weighted by Gasteiger charge is -2.20. The monoisotopic (exact) mass is 392 g/mol. The molecule has 1 unspecified atom stereocenters. The van der Waals surface area contributed by atoms with E-state index in [1.165, 1.54) is 7.11 Å². The van der Waals surface area contributed by atoms with Crippen LogP contribution in [0.5, 0.6) is 11.5 Å². The first kappa shape index (κ1) is 19.3. The third-order valence-electron chi connectivity index (χ3n) is 4.01. The molecule has 1 N–H and O–H groups in total. The van der Waals surface area contributed by atoms with Crippen molar-refractivity contribution in [2.24, 2.45) is 0 Å². The van der Waals surface area contributed by atoms with Crippen LogP contribution in [0.2, 0.25) is 5.02 Å². The van der Waals surface area contributed by atoms with Crippen LogP contribution in [-0.4, -0.2) is 13.0 Å². The molecule has 3 aromatic rings. The maximum atomic E-state index is 13.0. The van der Waals surface area contributed by atoms with Crippen LogP contribution in [0.4, 0.5) is 5.69 Å². The van der Waals surface area contributed by atoms with Gasteiger partial charge in [-0.05, 0) is 30.3 Å². The van der Waals surface area contributed by atoms with Crippen molar-refractivity contribution in [3.63, 3.8) is 0 Å². The maximum absolute atomic E-state index is 13.0. The molecular formula is C22H17ClN2O3. The molecular weight excluding hydrogens is 376 g/mol. The molecule has 0 aliphatic carbocycles. The molecule has 3 rings (SSSR count). The van der Waals surface area contributed by atoms with E-state index in [1.807, 2.05) is 18.2 Å². The summed E-state index contributed by atoms with van der Waals surface area (Å²) in [5, 5.41) is 12.5. The predicted molar refractivity (Wildman–Crippen MR) is 108 cm³/mol. The summed E-state index contributed by atoms with van der Waals surface area (Å²) in [6.07, 6.45) is -0.948. The van der Waals surface area contributed by atoms with Crippen LogP contribution >= 0.6 is 11.6 Å². The number of amides is 1. The quantitative estimate of drug-likeness (QED) is 0.642. The predicted octanol–water partition coefficient (Wildman–Crippen LogP) is 4.98. The fourth-order valence-corrected chi connectivity index (χ4v) is 2.90. The first-order chi connectivity index (χ1) is 13.6. The average Bonchev–Trinajstić information content (AvgIpc) is 2.73. The van der Waals surface area contributed by atoms with Gasteiger partial charge < -0.3 is 14.8 Å². The first-order valence-electron chi connectivity index (χ1n) is 8.47. The standard InChI is InChI=1S/C22H17ClN2O3/c1-27-20-12-11-17(13-18(20)23)25-22(26)21(15-7-3-2-4-8-15)28-19-10-6-5-9-16(19)14-24/h2-13,21H,1H3,(H,25,26). The lowest BCUT2D eigenvalue weighted by atomic mass is 10.1. The molecule has 0 radical (unpaired) electrons. The van der Waals surface area contributed by atoms with E-state index < -0.39 is 6.10 Å². The highest BCUT2D eigenvalue weighted by atomic mass is 35.5. The zero-order chi connectivity index (χ0) is 19.9. The van der Waals surface area contributed by atoms with Gasteiger partial charge in [-0.3, -0.25) is 4.79 Å². The van der Waals surface area contributed by atoms with Crippen LogP contribution in [0.3, 0.4) is 0 Å². The van der Waals surface area contributed by atoms with E-state index in [4.69, 9.17) is 21.1 Å². The van der Waals surface area contributed by atoms with Crippen LogP contribution in [0.15, 0.2) is 72.8 Å². The number of ether oxygens (including phenoxy) is 2. The fraction of sp³-hybridized carbons (Fsp3) is 0.0909. The molecule has 0 fully saturated rings. The normalized spacial score (nSPS) is 11.2. The summed E-state index contributed by atoms with van der Waals surface area (Å²) in [5.41, 5.74) is 1.52. The lowest BCUT2D eigenvalue weighted by molar-refractivity contribution is -0.123. The van der Waals surface area contributed by atoms with Gasteiger partial charge in [-0.15, -0.1) is 0 Å². The Labute approximate surface area is 168 Å². The Balaban J connectivity index is 1.90. The Hall–Kier alpha value is -3.49. The van der Waals surface area contributed by atoms with Gasteiger partial charge in [0.05, 0.1) is 17.7 Å². The minimum absolute atomic E-state index is 0.335. The van der Waals surface area contributed by atoms with Crippen molar-refractivity contribution in [3.05, 3.63) is 88.9 Å². The van der Waals surface area contributed by atoms with Crippen molar-refractivity contribution in [2.45, 2.75) is 6.10 Å². The SMILES string of the molecule is COc1ccc(NC(=O)C(Oc2ccccc2C#N)c2ccccc2)cc1Cl. The van der Waals surface area contributed by atoms with E-state index in [2.05, 4.69) is 11.4 Å². The molecule has 0 heterocycles. The molecule has 0 aliphatic heterocycles. The second kappa shape index (κ2) is 8.94. The highest BCUT2D eigenvalue weighted by Crippen LogP contribution is 2.29. The Morgan fingerprint density at radius 2 is 1.75 bits per heavy atom. The Kier molecular flexibility index (Phi) is 6.15. The van der Waals surface area contributed by atoms with E-state index in [-0.39, 0.29) is 5.91 Å². The number of halogens is 1. The Bertz CT molecular complexity index is 1020. The molecule has 6 heteroatoms. The minimum Gasteiger partial charge on any atom is -0.495 e. The van der Waals surface area contributed by atoms with Gasteiger partial charge >= 0.3 is 0 Å². The van der Waals surface area contributed by atoms with Crippen molar-refractivity contribution in [1.82, 2.24) is 0 Å². The van der Waals surface area contributed by atoms with Gasteiger partial charge in [0.15, 0.2) is 0 Å². The smallest absolute Gasteiger partial charge is 0.270 e. The van der Waals surface area contributed by atoms with Crippen molar-refractivity contribution < 1.29 is 14.3 Å². The van der Waals surface area contributed by atoms with E-state index in [0.717, 1.165) is 0 Å². The number of hydrogen-bond acceptors (Lipinski definition) is 4. The summed E-state index contributed by atoms with van der Waals surface area (Å²) in [6, 6.07) is 22.9. The number of benzene rings is 3. The second-order valence-corrected chi connectivity index (χ2v) is 6.26. The maximum Gasteiger partial charge on any atom is 0.270 e. The highest BCUT2D eigenvalue weighted by molar-refractivity contribution is 6.32. The molecule has 28 heavy (non-hydrogen) atoms. The molecule has 0 saturated heterocycles. The zero-order valence-electron chi connectivity index (χ0n) is 15.1. The lowest BCUT2D eigenvalue weighted by Crippen LogP contribution is -2.26. The molecule has 1 amide bonds. The summed E-state index contributed by atoms with van der Waals surface area (Å²) in [5.74, 6) is 0.459. The van der Waals surface area contributed by atoms with Crippen LogP contribution in [-0.2, 0) is 4.79 Å². The van der Waals surface area contributed by atoms with E-state index in [1.54, 1.807) is 54.6 Å². The number of anilines is 1. The summed E-state index contributed by atoms with van der Waals surface area (Å²) in [6.45, 7) is 0.